The van der Waals surface area contributed by atoms with Gasteiger partial charge in [0.25, 0.3) is 0 Å². The van der Waals surface area contributed by atoms with Crippen LogP contribution in [0, 0.1) is 0 Å². The van der Waals surface area contributed by atoms with E-state index in [1.165, 1.54) is 96.6 Å². The Bertz CT molecular complexity index is 3590. The lowest BCUT2D eigenvalue weighted by Crippen LogP contribution is -2.09. The zero-order chi connectivity index (χ0) is 39.6. The highest BCUT2D eigenvalue weighted by Gasteiger charge is 2.18. The minimum absolute atomic E-state index is 1.11. The summed E-state index contributed by atoms with van der Waals surface area (Å²) in [5, 5.41) is 12.8. The molecule has 0 bridgehead atoms. The molecule has 11 aromatic carbocycles. The highest BCUT2D eigenvalue weighted by molar-refractivity contribution is 7.26. The van der Waals surface area contributed by atoms with E-state index >= 15 is 0 Å². The van der Waals surface area contributed by atoms with Crippen molar-refractivity contribution in [2.24, 2.45) is 0 Å². The number of anilines is 3. The first-order valence-corrected chi connectivity index (χ1v) is 21.4. The predicted molar refractivity (Wildman–Crippen MR) is 260 cm³/mol. The molecule has 12 aromatic rings. The van der Waals surface area contributed by atoms with Crippen molar-refractivity contribution >= 4 is 91.7 Å². The van der Waals surface area contributed by atoms with E-state index in [9.17, 15) is 0 Å². The molecule has 0 aliphatic heterocycles. The molecule has 280 valence electrons. The second kappa shape index (κ2) is 14.1. The topological polar surface area (TPSA) is 3.24 Å². The molecule has 2 heteroatoms. The van der Waals surface area contributed by atoms with E-state index < -0.39 is 0 Å². The van der Waals surface area contributed by atoms with Crippen molar-refractivity contribution in [3.8, 4) is 33.4 Å². The Hall–Kier alpha value is -7.52. The minimum Gasteiger partial charge on any atom is -0.310 e. The smallest absolute Gasteiger partial charge is 0.0476 e. The molecule has 0 amide bonds. The van der Waals surface area contributed by atoms with Crippen LogP contribution in [0.25, 0.3) is 96.6 Å². The fraction of sp³-hybridized carbons (Fsp3) is 0. The van der Waals surface area contributed by atoms with Gasteiger partial charge in [0, 0.05) is 37.2 Å². The summed E-state index contributed by atoms with van der Waals surface area (Å²) in [6.07, 6.45) is 0. The molecule has 0 aliphatic rings. The number of nitrogens with zero attached hydrogens (tertiary/aromatic N) is 1. The van der Waals surface area contributed by atoms with Gasteiger partial charge in [0.15, 0.2) is 0 Å². The van der Waals surface area contributed by atoms with Crippen LogP contribution in [0.1, 0.15) is 0 Å². The molecule has 0 unspecified atom stereocenters. The number of rotatable bonds is 6. The van der Waals surface area contributed by atoms with Gasteiger partial charge in [-0.2, -0.15) is 0 Å². The second-order valence-corrected chi connectivity index (χ2v) is 16.8. The molecule has 0 saturated heterocycles. The lowest BCUT2D eigenvalue weighted by molar-refractivity contribution is 1.29. The van der Waals surface area contributed by atoms with E-state index in [2.05, 4.69) is 229 Å². The molecule has 1 nitrogen and oxygen atoms in total. The summed E-state index contributed by atoms with van der Waals surface area (Å²) in [5.41, 5.74) is 10.7. The largest absolute Gasteiger partial charge is 0.310 e. The zero-order valence-electron chi connectivity index (χ0n) is 32.7. The molecule has 0 fully saturated rings. The maximum atomic E-state index is 2.40. The van der Waals surface area contributed by atoms with Gasteiger partial charge < -0.3 is 4.90 Å². The summed E-state index contributed by atoms with van der Waals surface area (Å²) in [6, 6.07) is 82.5. The number of benzene rings is 11. The molecule has 60 heavy (non-hydrogen) atoms. The number of fused-ring (bicyclic) bond motifs is 8. The van der Waals surface area contributed by atoms with Crippen molar-refractivity contribution in [3.63, 3.8) is 0 Å². The van der Waals surface area contributed by atoms with Crippen LogP contribution in [0.3, 0.4) is 0 Å². The van der Waals surface area contributed by atoms with Gasteiger partial charge in [0.05, 0.1) is 0 Å². The molecule has 0 spiro atoms. The first-order chi connectivity index (χ1) is 29.7. The molecule has 1 aromatic heterocycles. The Labute approximate surface area is 352 Å². The normalized spacial score (nSPS) is 11.7. The molecule has 0 atom stereocenters. The minimum atomic E-state index is 1.11. The lowest BCUT2D eigenvalue weighted by Gasteiger charge is -2.26. The third-order valence-electron chi connectivity index (χ3n) is 12.2. The average molecular weight is 780 g/mol. The van der Waals surface area contributed by atoms with E-state index in [4.69, 9.17) is 0 Å². The SMILES string of the molecule is c1ccc(-c2cc3ccccc3c3ccccc23)c(-c2ccc(N(c3ccc(-c4cccc5ccccc45)cc3)c3ccc4c(c3)sc3cc5ccccc5cc34)cc2)c1. The third kappa shape index (κ3) is 5.76. The highest BCUT2D eigenvalue weighted by Crippen LogP contribution is 2.44. The van der Waals surface area contributed by atoms with Crippen molar-refractivity contribution in [1.29, 1.82) is 0 Å². The van der Waals surface area contributed by atoms with Gasteiger partial charge in [0.2, 0.25) is 0 Å². The fourth-order valence-corrected chi connectivity index (χ4v) is 10.5. The van der Waals surface area contributed by atoms with Crippen molar-refractivity contribution in [3.05, 3.63) is 224 Å². The summed E-state index contributed by atoms with van der Waals surface area (Å²) < 4.78 is 2.59. The predicted octanol–water partition coefficient (Wildman–Crippen LogP) is 17.1. The first kappa shape index (κ1) is 34.5. The van der Waals surface area contributed by atoms with Crippen molar-refractivity contribution in [1.82, 2.24) is 0 Å². The third-order valence-corrected chi connectivity index (χ3v) is 13.3. The summed E-state index contributed by atoms with van der Waals surface area (Å²) in [4.78, 5) is 2.40. The monoisotopic (exact) mass is 779 g/mol. The van der Waals surface area contributed by atoms with Gasteiger partial charge in [-0.15, -0.1) is 11.3 Å². The van der Waals surface area contributed by atoms with Crippen LogP contribution in [-0.2, 0) is 0 Å². The van der Waals surface area contributed by atoms with E-state index in [1.807, 2.05) is 11.3 Å². The maximum Gasteiger partial charge on any atom is 0.0476 e. The Balaban J connectivity index is 0.985. The molecular formula is C58H37NS. The van der Waals surface area contributed by atoms with Crippen LogP contribution >= 0.6 is 11.3 Å². The molecule has 12 rings (SSSR count). The van der Waals surface area contributed by atoms with Gasteiger partial charge >= 0.3 is 0 Å². The van der Waals surface area contributed by atoms with Crippen LogP contribution in [0.15, 0.2) is 224 Å². The molecule has 1 heterocycles. The Morgan fingerprint density at radius 1 is 0.250 bits per heavy atom. The van der Waals surface area contributed by atoms with Gasteiger partial charge in [-0.1, -0.05) is 170 Å². The van der Waals surface area contributed by atoms with Crippen molar-refractivity contribution < 1.29 is 0 Å². The summed E-state index contributed by atoms with van der Waals surface area (Å²) >= 11 is 1.87. The van der Waals surface area contributed by atoms with Crippen LogP contribution in [0.2, 0.25) is 0 Å². The Morgan fingerprint density at radius 3 is 1.52 bits per heavy atom. The number of hydrogen-bond acceptors (Lipinski definition) is 2. The van der Waals surface area contributed by atoms with Gasteiger partial charge in [0.1, 0.15) is 0 Å². The van der Waals surface area contributed by atoms with Gasteiger partial charge in [-0.25, -0.2) is 0 Å². The summed E-state index contributed by atoms with van der Waals surface area (Å²) in [6.45, 7) is 0. The Kier molecular flexibility index (Phi) is 8.11. The number of hydrogen-bond donors (Lipinski definition) is 0. The molecule has 0 N–H and O–H groups in total. The fourth-order valence-electron chi connectivity index (χ4n) is 9.34. The van der Waals surface area contributed by atoms with E-state index in [0.29, 0.717) is 0 Å². The quantitative estimate of drug-likeness (QED) is 0.152. The maximum absolute atomic E-state index is 2.40. The molecular weight excluding hydrogens is 743 g/mol. The highest BCUT2D eigenvalue weighted by atomic mass is 32.1. The zero-order valence-corrected chi connectivity index (χ0v) is 33.5. The molecule has 0 aliphatic carbocycles. The summed E-state index contributed by atoms with van der Waals surface area (Å²) in [5.74, 6) is 0. The van der Waals surface area contributed by atoms with Gasteiger partial charge in [-0.3, -0.25) is 0 Å². The van der Waals surface area contributed by atoms with E-state index in [1.54, 1.807) is 0 Å². The number of thiophene rings is 1. The van der Waals surface area contributed by atoms with Crippen molar-refractivity contribution in [2.75, 3.05) is 4.90 Å². The second-order valence-electron chi connectivity index (χ2n) is 15.7. The van der Waals surface area contributed by atoms with E-state index in [0.717, 1.165) is 17.1 Å². The lowest BCUT2D eigenvalue weighted by atomic mass is 9.89. The van der Waals surface area contributed by atoms with Gasteiger partial charge in [-0.05, 0) is 131 Å². The van der Waals surface area contributed by atoms with Crippen LogP contribution in [0.4, 0.5) is 17.1 Å². The van der Waals surface area contributed by atoms with Crippen LogP contribution < -0.4 is 4.90 Å². The average Bonchev–Trinajstić information content (AvgIpc) is 3.67. The summed E-state index contributed by atoms with van der Waals surface area (Å²) in [7, 11) is 0. The first-order valence-electron chi connectivity index (χ1n) is 20.6. The molecule has 0 radical (unpaired) electrons. The van der Waals surface area contributed by atoms with E-state index in [-0.39, 0.29) is 0 Å². The van der Waals surface area contributed by atoms with Crippen molar-refractivity contribution in [2.45, 2.75) is 0 Å². The standard InChI is InChI=1S/C58H37NS/c1-2-14-42-36-57-56(34-41(42)13-1)54-33-32-46(37-58(54)60-57)59(44-28-24-39(25-29-44)48-23-11-16-38-12-3-5-17-47(38)48)45-30-26-40(27-31-45)49-18-7-8-21-52(49)55-35-43-15-4-6-19-50(43)51-20-9-10-22-53(51)55/h1-37H. The Morgan fingerprint density at radius 2 is 0.767 bits per heavy atom. The molecule has 0 saturated carbocycles. The van der Waals surface area contributed by atoms with Crippen LogP contribution in [-0.4, -0.2) is 0 Å². The van der Waals surface area contributed by atoms with Crippen LogP contribution in [0.5, 0.6) is 0 Å².